The molecule has 0 atom stereocenters. The first-order chi connectivity index (χ1) is 10.9. The van der Waals surface area contributed by atoms with Crippen LogP contribution in [0.25, 0.3) is 10.9 Å². The number of urea groups is 1. The Hall–Kier alpha value is -3.54. The van der Waals surface area contributed by atoms with Crippen LogP contribution in [0.5, 0.6) is 0 Å². The van der Waals surface area contributed by atoms with E-state index in [0.29, 0.717) is 16.5 Å². The number of aromatic amines is 1. The number of benzene rings is 1. The van der Waals surface area contributed by atoms with E-state index in [1.807, 2.05) is 6.07 Å². The number of carbonyl (C=O) groups excluding carboxylic acids is 3. The van der Waals surface area contributed by atoms with Crippen LogP contribution in [-0.2, 0) is 0 Å². The molecule has 0 radical (unpaired) electrons. The van der Waals surface area contributed by atoms with E-state index in [2.05, 4.69) is 15.6 Å². The van der Waals surface area contributed by atoms with Crippen molar-refractivity contribution in [2.24, 2.45) is 11.5 Å². The molecule has 7 N–H and O–H groups in total. The predicted octanol–water partition coefficient (Wildman–Crippen LogP) is 0.401. The highest BCUT2D eigenvalue weighted by Crippen LogP contribution is 2.26. The number of fused-ring (bicyclic) bond motifs is 1. The lowest BCUT2D eigenvalue weighted by atomic mass is 10.1. The summed E-state index contributed by atoms with van der Waals surface area (Å²) >= 11 is 0. The third-order valence-corrected chi connectivity index (χ3v) is 3.08. The van der Waals surface area contributed by atoms with Crippen LogP contribution in [0.2, 0.25) is 0 Å². The number of amides is 4. The van der Waals surface area contributed by atoms with Gasteiger partial charge in [0.2, 0.25) is 0 Å². The van der Waals surface area contributed by atoms with Crippen molar-refractivity contribution in [3.8, 4) is 6.07 Å². The molecule has 1 aromatic heterocycles. The summed E-state index contributed by atoms with van der Waals surface area (Å²) in [6.07, 6.45) is 0.203. The third-order valence-electron chi connectivity index (χ3n) is 3.08. The number of H-pyrrole nitrogens is 1. The van der Waals surface area contributed by atoms with Crippen molar-refractivity contribution in [1.82, 2.24) is 10.3 Å². The maximum absolute atomic E-state index is 12.0. The number of rotatable bonds is 5. The van der Waals surface area contributed by atoms with Gasteiger partial charge in [0.25, 0.3) is 11.8 Å². The summed E-state index contributed by atoms with van der Waals surface area (Å²) in [6.45, 7) is 0.235. The lowest BCUT2D eigenvalue weighted by molar-refractivity contribution is 0.0953. The summed E-state index contributed by atoms with van der Waals surface area (Å²) < 4.78 is 0. The summed E-state index contributed by atoms with van der Waals surface area (Å²) in [4.78, 5) is 37.3. The van der Waals surface area contributed by atoms with Gasteiger partial charge in [0.05, 0.1) is 18.1 Å². The molecule has 9 nitrogen and oxygen atoms in total. The van der Waals surface area contributed by atoms with Gasteiger partial charge < -0.3 is 21.8 Å². The molecular formula is C14H14N6O3. The van der Waals surface area contributed by atoms with E-state index in [4.69, 9.17) is 16.7 Å². The normalized spacial score (nSPS) is 10.0. The molecule has 2 rings (SSSR count). The van der Waals surface area contributed by atoms with Gasteiger partial charge in [-0.3, -0.25) is 14.9 Å². The highest BCUT2D eigenvalue weighted by molar-refractivity contribution is 6.13. The van der Waals surface area contributed by atoms with E-state index in [0.717, 1.165) is 0 Å². The van der Waals surface area contributed by atoms with Crippen LogP contribution in [-0.4, -0.2) is 29.4 Å². The molecule has 4 amide bonds. The standard InChI is InChI=1S/C14H14N6O3/c15-4-1-5-18-13(22)7-2-3-8-9(6-7)19-12(20-14(17)23)10(8)11(16)21/h2-3,6,19H,1,5H2,(H2,16,21)(H,18,22)(H3,17,20,23). The summed E-state index contributed by atoms with van der Waals surface area (Å²) in [6, 6.07) is 5.63. The first-order valence-electron chi connectivity index (χ1n) is 6.61. The minimum atomic E-state index is -0.853. The Balaban J connectivity index is 2.40. The van der Waals surface area contributed by atoms with Crippen molar-refractivity contribution in [2.75, 3.05) is 11.9 Å². The Morgan fingerprint density at radius 2 is 2.00 bits per heavy atom. The van der Waals surface area contributed by atoms with E-state index in [9.17, 15) is 14.4 Å². The smallest absolute Gasteiger partial charge is 0.317 e. The molecule has 9 heteroatoms. The largest absolute Gasteiger partial charge is 0.365 e. The number of aromatic nitrogens is 1. The van der Waals surface area contributed by atoms with Gasteiger partial charge in [-0.25, -0.2) is 4.79 Å². The molecule has 0 fully saturated rings. The molecule has 1 heterocycles. The van der Waals surface area contributed by atoms with Crippen LogP contribution in [0, 0.1) is 11.3 Å². The number of primary amides is 2. The molecule has 1 aromatic carbocycles. The van der Waals surface area contributed by atoms with Gasteiger partial charge in [-0.05, 0) is 12.1 Å². The fraction of sp³-hybridized carbons (Fsp3) is 0.143. The SMILES string of the molecule is N#CCCNC(=O)c1ccc2c(C(N)=O)c(NC(N)=O)[nH]c2c1. The van der Waals surface area contributed by atoms with Crippen LogP contribution in [0.4, 0.5) is 10.6 Å². The van der Waals surface area contributed by atoms with Gasteiger partial charge in [0.1, 0.15) is 5.82 Å². The minimum Gasteiger partial charge on any atom is -0.365 e. The number of hydrogen-bond acceptors (Lipinski definition) is 4. The molecule has 0 aliphatic carbocycles. The molecule has 118 valence electrons. The average Bonchev–Trinajstić information content (AvgIpc) is 2.83. The Morgan fingerprint density at radius 1 is 1.26 bits per heavy atom. The van der Waals surface area contributed by atoms with Crippen LogP contribution in [0.1, 0.15) is 27.1 Å². The summed E-state index contributed by atoms with van der Waals surface area (Å²) in [5, 5.41) is 13.8. The van der Waals surface area contributed by atoms with Crippen LogP contribution < -0.4 is 22.1 Å². The highest BCUT2D eigenvalue weighted by Gasteiger charge is 2.18. The Kier molecular flexibility index (Phi) is 4.47. The number of anilines is 1. The first kappa shape index (κ1) is 15.8. The van der Waals surface area contributed by atoms with Gasteiger partial charge >= 0.3 is 6.03 Å². The van der Waals surface area contributed by atoms with E-state index in [-0.39, 0.29) is 30.3 Å². The van der Waals surface area contributed by atoms with Crippen LogP contribution in [0.15, 0.2) is 18.2 Å². The molecule has 0 unspecified atom stereocenters. The van der Waals surface area contributed by atoms with Crippen molar-refractivity contribution in [3.05, 3.63) is 29.3 Å². The fourth-order valence-corrected chi connectivity index (χ4v) is 2.15. The third kappa shape index (κ3) is 3.38. The van der Waals surface area contributed by atoms with Gasteiger partial charge in [-0.15, -0.1) is 0 Å². The molecule has 0 saturated carbocycles. The second kappa shape index (κ2) is 6.48. The summed E-state index contributed by atoms with van der Waals surface area (Å²) in [7, 11) is 0. The number of hydrogen-bond donors (Lipinski definition) is 5. The number of nitrogens with one attached hydrogen (secondary N) is 3. The van der Waals surface area contributed by atoms with Crippen molar-refractivity contribution in [1.29, 1.82) is 5.26 Å². The zero-order valence-electron chi connectivity index (χ0n) is 12.0. The van der Waals surface area contributed by atoms with Crippen molar-refractivity contribution in [3.63, 3.8) is 0 Å². The van der Waals surface area contributed by atoms with Gasteiger partial charge in [0, 0.05) is 23.0 Å². The maximum Gasteiger partial charge on any atom is 0.317 e. The molecule has 2 aromatic rings. The maximum atomic E-state index is 12.0. The van der Waals surface area contributed by atoms with E-state index in [1.54, 1.807) is 0 Å². The van der Waals surface area contributed by atoms with Gasteiger partial charge in [0.15, 0.2) is 0 Å². The monoisotopic (exact) mass is 314 g/mol. The second-order valence-corrected chi connectivity index (χ2v) is 4.65. The van der Waals surface area contributed by atoms with Crippen LogP contribution >= 0.6 is 0 Å². The van der Waals surface area contributed by atoms with Crippen molar-refractivity contribution >= 4 is 34.6 Å². The highest BCUT2D eigenvalue weighted by atomic mass is 16.2. The molecule has 0 aliphatic heterocycles. The first-order valence-corrected chi connectivity index (χ1v) is 6.61. The second-order valence-electron chi connectivity index (χ2n) is 4.65. The number of carbonyl (C=O) groups is 3. The number of nitrogens with two attached hydrogens (primary N) is 2. The topological polar surface area (TPSA) is 167 Å². The van der Waals surface area contributed by atoms with E-state index >= 15 is 0 Å². The number of nitrogens with zero attached hydrogens (tertiary/aromatic N) is 1. The van der Waals surface area contributed by atoms with Crippen molar-refractivity contribution in [2.45, 2.75) is 6.42 Å². The Labute approximate surface area is 130 Å². The summed E-state index contributed by atoms with van der Waals surface area (Å²) in [5.74, 6) is -1.03. The molecular weight excluding hydrogens is 300 g/mol. The zero-order chi connectivity index (χ0) is 17.0. The molecule has 23 heavy (non-hydrogen) atoms. The zero-order valence-corrected chi connectivity index (χ0v) is 12.0. The van der Waals surface area contributed by atoms with Crippen molar-refractivity contribution < 1.29 is 14.4 Å². The lowest BCUT2D eigenvalue weighted by Crippen LogP contribution is -2.24. The Bertz CT molecular complexity index is 833. The van der Waals surface area contributed by atoms with Gasteiger partial charge in [-0.2, -0.15) is 5.26 Å². The van der Waals surface area contributed by atoms with Gasteiger partial charge in [-0.1, -0.05) is 6.07 Å². The average molecular weight is 314 g/mol. The van der Waals surface area contributed by atoms with E-state index in [1.165, 1.54) is 18.2 Å². The summed E-state index contributed by atoms with van der Waals surface area (Å²) in [5.41, 5.74) is 11.2. The fourth-order valence-electron chi connectivity index (χ4n) is 2.15. The molecule has 0 saturated heterocycles. The van der Waals surface area contributed by atoms with E-state index < -0.39 is 11.9 Å². The van der Waals surface area contributed by atoms with Crippen LogP contribution in [0.3, 0.4) is 0 Å². The lowest BCUT2D eigenvalue weighted by Gasteiger charge is -2.03. The minimum absolute atomic E-state index is 0.0713. The predicted molar refractivity (Wildman–Crippen MR) is 82.6 cm³/mol. The molecule has 0 spiro atoms. The Morgan fingerprint density at radius 3 is 2.61 bits per heavy atom. The molecule has 0 aliphatic rings. The quantitative estimate of drug-likeness (QED) is 0.504. The molecule has 0 bridgehead atoms. The number of nitriles is 1.